The Hall–Kier alpha value is -2.83. The van der Waals surface area contributed by atoms with Crippen molar-refractivity contribution in [2.45, 2.75) is 25.7 Å². The summed E-state index contributed by atoms with van der Waals surface area (Å²) in [6.45, 7) is 0. The number of para-hydroxylation sites is 1. The summed E-state index contributed by atoms with van der Waals surface area (Å²) in [5, 5.41) is 13.8. The number of aryl methyl sites for hydroxylation is 1. The number of phenols is 1. The maximum atomic E-state index is 13.1. The molecular weight excluding hydrogens is 420 g/mol. The largest absolute Gasteiger partial charge is 0.503 e. The van der Waals surface area contributed by atoms with E-state index in [-0.39, 0.29) is 22.4 Å². The number of halogens is 1. The van der Waals surface area contributed by atoms with Gasteiger partial charge < -0.3 is 15.2 Å². The normalized spacial score (nSPS) is 13.3. The van der Waals surface area contributed by atoms with E-state index in [0.717, 1.165) is 36.9 Å². The lowest BCUT2D eigenvalue weighted by Crippen LogP contribution is -2.14. The standard InChI is InChI=1S/C23H21ClN2O3S/c1-29-18-12-14(11-17(24)21(18)27)13-25-23-20(16-9-5-6-10-19(16)30-23)22(28)26-15-7-3-2-4-8-15/h2-4,7-8,11-13,27H,5-6,9-10H2,1H3,(H,26,28). The summed E-state index contributed by atoms with van der Waals surface area (Å²) in [6, 6.07) is 12.7. The van der Waals surface area contributed by atoms with Gasteiger partial charge in [0.15, 0.2) is 11.5 Å². The molecule has 0 saturated heterocycles. The van der Waals surface area contributed by atoms with Crippen molar-refractivity contribution in [3.8, 4) is 11.5 Å². The second kappa shape index (κ2) is 8.90. The van der Waals surface area contributed by atoms with Crippen LogP contribution < -0.4 is 10.1 Å². The molecule has 1 aromatic heterocycles. The highest BCUT2D eigenvalue weighted by atomic mass is 35.5. The molecule has 4 rings (SSSR count). The number of ether oxygens (including phenoxy) is 1. The Kier molecular flexibility index (Phi) is 6.06. The monoisotopic (exact) mass is 440 g/mol. The van der Waals surface area contributed by atoms with Gasteiger partial charge in [-0.3, -0.25) is 4.79 Å². The number of thiophene rings is 1. The SMILES string of the molecule is COc1cc(C=Nc2sc3c(c2C(=O)Nc2ccccc2)CCCC3)cc(Cl)c1O. The second-order valence-corrected chi connectivity index (χ2v) is 8.51. The molecule has 0 bridgehead atoms. The van der Waals surface area contributed by atoms with Crippen molar-refractivity contribution in [2.75, 3.05) is 12.4 Å². The summed E-state index contributed by atoms with van der Waals surface area (Å²) in [7, 11) is 1.46. The number of aliphatic imine (C=N–C) groups is 1. The minimum atomic E-state index is -0.144. The number of hydrogen-bond acceptors (Lipinski definition) is 5. The third-order valence-corrected chi connectivity index (χ3v) is 6.50. The number of carbonyl (C=O) groups excluding carboxylic acids is 1. The zero-order chi connectivity index (χ0) is 21.1. The van der Waals surface area contributed by atoms with Crippen LogP contribution in [0.3, 0.4) is 0 Å². The van der Waals surface area contributed by atoms with Crippen molar-refractivity contribution in [2.24, 2.45) is 4.99 Å². The molecule has 0 aliphatic heterocycles. The Labute approximate surface area is 184 Å². The molecule has 30 heavy (non-hydrogen) atoms. The van der Waals surface area contributed by atoms with Crippen LogP contribution in [0.25, 0.3) is 0 Å². The van der Waals surface area contributed by atoms with Crippen molar-refractivity contribution in [3.05, 3.63) is 69.1 Å². The molecule has 0 unspecified atom stereocenters. The van der Waals surface area contributed by atoms with E-state index < -0.39 is 0 Å². The number of methoxy groups -OCH3 is 1. The van der Waals surface area contributed by atoms with E-state index in [9.17, 15) is 9.90 Å². The fraction of sp³-hybridized carbons (Fsp3) is 0.217. The number of aromatic hydroxyl groups is 1. The van der Waals surface area contributed by atoms with Gasteiger partial charge in [-0.2, -0.15) is 0 Å². The molecule has 7 heteroatoms. The number of benzene rings is 2. The zero-order valence-electron chi connectivity index (χ0n) is 16.4. The number of rotatable bonds is 5. The summed E-state index contributed by atoms with van der Waals surface area (Å²) in [5.41, 5.74) is 3.18. The van der Waals surface area contributed by atoms with Gasteiger partial charge in [-0.1, -0.05) is 29.8 Å². The van der Waals surface area contributed by atoms with Gasteiger partial charge in [-0.05, 0) is 61.1 Å². The van der Waals surface area contributed by atoms with Crippen molar-refractivity contribution >= 4 is 45.7 Å². The summed E-state index contributed by atoms with van der Waals surface area (Å²) in [5.74, 6) is 0.0244. The molecule has 2 aromatic carbocycles. The van der Waals surface area contributed by atoms with Gasteiger partial charge in [0.2, 0.25) is 0 Å². The number of amides is 1. The Morgan fingerprint density at radius 1 is 1.23 bits per heavy atom. The van der Waals surface area contributed by atoms with Crippen molar-refractivity contribution in [1.82, 2.24) is 0 Å². The van der Waals surface area contributed by atoms with Crippen LogP contribution in [0.4, 0.5) is 10.7 Å². The highest BCUT2D eigenvalue weighted by molar-refractivity contribution is 7.16. The van der Waals surface area contributed by atoms with Crippen LogP contribution in [-0.4, -0.2) is 24.3 Å². The molecule has 0 saturated carbocycles. The van der Waals surface area contributed by atoms with Crippen molar-refractivity contribution < 1.29 is 14.6 Å². The van der Waals surface area contributed by atoms with E-state index in [1.165, 1.54) is 12.0 Å². The molecule has 3 aromatic rings. The number of nitrogens with one attached hydrogen (secondary N) is 1. The predicted octanol–water partition coefficient (Wildman–Crippen LogP) is 6.00. The van der Waals surface area contributed by atoms with E-state index in [0.29, 0.717) is 16.1 Å². The van der Waals surface area contributed by atoms with E-state index in [1.807, 2.05) is 30.3 Å². The average Bonchev–Trinajstić information content (AvgIpc) is 3.13. The molecule has 1 amide bonds. The van der Waals surface area contributed by atoms with Crippen molar-refractivity contribution in [1.29, 1.82) is 0 Å². The maximum absolute atomic E-state index is 13.1. The summed E-state index contributed by atoms with van der Waals surface area (Å²) in [6.07, 6.45) is 5.70. The predicted molar refractivity (Wildman–Crippen MR) is 122 cm³/mol. The molecule has 1 aliphatic rings. The zero-order valence-corrected chi connectivity index (χ0v) is 18.0. The highest BCUT2D eigenvalue weighted by Crippen LogP contribution is 2.40. The molecule has 0 radical (unpaired) electrons. The van der Waals surface area contributed by atoms with Crippen LogP contribution in [0.1, 0.15) is 39.2 Å². The van der Waals surface area contributed by atoms with E-state index >= 15 is 0 Å². The molecule has 5 nitrogen and oxygen atoms in total. The van der Waals surface area contributed by atoms with Gasteiger partial charge in [0.05, 0.1) is 17.7 Å². The number of nitrogens with zero attached hydrogens (tertiary/aromatic N) is 1. The van der Waals surface area contributed by atoms with Crippen LogP contribution in [0.2, 0.25) is 5.02 Å². The van der Waals surface area contributed by atoms with E-state index in [1.54, 1.807) is 29.7 Å². The number of anilines is 1. The molecule has 1 aliphatic carbocycles. The van der Waals surface area contributed by atoms with Crippen LogP contribution in [0.5, 0.6) is 11.5 Å². The molecule has 0 atom stereocenters. The van der Waals surface area contributed by atoms with Crippen LogP contribution >= 0.6 is 22.9 Å². The Bertz CT molecular complexity index is 1110. The lowest BCUT2D eigenvalue weighted by Gasteiger charge is -2.12. The molecule has 1 heterocycles. The van der Waals surface area contributed by atoms with Crippen LogP contribution in [-0.2, 0) is 12.8 Å². The first-order valence-electron chi connectivity index (χ1n) is 9.68. The van der Waals surface area contributed by atoms with Gasteiger partial charge in [0.1, 0.15) is 5.00 Å². The lowest BCUT2D eigenvalue weighted by molar-refractivity contribution is 0.102. The Balaban J connectivity index is 1.70. The second-order valence-electron chi connectivity index (χ2n) is 7.02. The maximum Gasteiger partial charge on any atom is 0.259 e. The van der Waals surface area contributed by atoms with Gasteiger partial charge >= 0.3 is 0 Å². The first-order valence-corrected chi connectivity index (χ1v) is 10.9. The molecule has 0 fully saturated rings. The third-order valence-electron chi connectivity index (χ3n) is 5.01. The fourth-order valence-electron chi connectivity index (χ4n) is 3.55. The van der Waals surface area contributed by atoms with Gasteiger partial charge in [0.25, 0.3) is 5.91 Å². The molecule has 0 spiro atoms. The molecule has 2 N–H and O–H groups in total. The number of fused-ring (bicyclic) bond motifs is 1. The summed E-state index contributed by atoms with van der Waals surface area (Å²) < 4.78 is 5.16. The third kappa shape index (κ3) is 4.20. The Morgan fingerprint density at radius 2 is 2.00 bits per heavy atom. The summed E-state index contributed by atoms with van der Waals surface area (Å²) >= 11 is 7.65. The van der Waals surface area contributed by atoms with E-state index in [2.05, 4.69) is 10.3 Å². The fourth-order valence-corrected chi connectivity index (χ4v) is 5.00. The Morgan fingerprint density at radius 3 is 2.77 bits per heavy atom. The number of carbonyl (C=O) groups is 1. The number of phenolic OH excluding ortho intramolecular Hbond substituents is 1. The lowest BCUT2D eigenvalue weighted by atomic mass is 9.95. The van der Waals surface area contributed by atoms with E-state index in [4.69, 9.17) is 16.3 Å². The minimum Gasteiger partial charge on any atom is -0.503 e. The van der Waals surface area contributed by atoms with Gasteiger partial charge in [0, 0.05) is 16.8 Å². The molecular formula is C23H21ClN2O3S. The number of hydrogen-bond donors (Lipinski definition) is 2. The quantitative estimate of drug-likeness (QED) is 0.478. The first-order chi connectivity index (χ1) is 14.6. The highest BCUT2D eigenvalue weighted by Gasteiger charge is 2.25. The minimum absolute atomic E-state index is 0.106. The van der Waals surface area contributed by atoms with Gasteiger partial charge in [-0.15, -0.1) is 11.3 Å². The summed E-state index contributed by atoms with van der Waals surface area (Å²) in [4.78, 5) is 19.0. The van der Waals surface area contributed by atoms with Crippen molar-refractivity contribution in [3.63, 3.8) is 0 Å². The first kappa shape index (κ1) is 20.4. The average molecular weight is 441 g/mol. The van der Waals surface area contributed by atoms with Crippen LogP contribution in [0, 0.1) is 0 Å². The topological polar surface area (TPSA) is 70.9 Å². The molecule has 154 valence electrons. The van der Waals surface area contributed by atoms with Gasteiger partial charge in [-0.25, -0.2) is 4.99 Å². The van der Waals surface area contributed by atoms with Crippen LogP contribution in [0.15, 0.2) is 47.5 Å². The smallest absolute Gasteiger partial charge is 0.259 e.